The number of benzene rings is 2. The molecular formula is C23H26N4O7S. The molecule has 2 amide bonds. The number of hydrogen-bond donors (Lipinski definition) is 2. The van der Waals surface area contributed by atoms with Crippen molar-refractivity contribution in [1.82, 2.24) is 20.8 Å². The summed E-state index contributed by atoms with van der Waals surface area (Å²) in [6.45, 7) is 4.79. The molecule has 0 bridgehead atoms. The molecule has 0 atom stereocenters. The van der Waals surface area contributed by atoms with Gasteiger partial charge in [0.05, 0.1) is 18.1 Å². The lowest BCUT2D eigenvalue weighted by Gasteiger charge is -2.12. The van der Waals surface area contributed by atoms with Gasteiger partial charge in [0.1, 0.15) is 5.75 Å². The number of carbonyl (C=O) groups excluding carboxylic acids is 2. The maximum Gasteiger partial charge on any atom is 0.315 e. The topological polar surface area (TPSA) is 150 Å². The average Bonchev–Trinajstić information content (AvgIpc) is 3.31. The molecule has 35 heavy (non-hydrogen) atoms. The molecule has 0 radical (unpaired) electrons. The molecule has 11 nitrogen and oxygen atoms in total. The number of hydrogen-bond acceptors (Lipinski definition) is 9. The number of sulfone groups is 1. The van der Waals surface area contributed by atoms with Crippen molar-refractivity contribution in [3.63, 3.8) is 0 Å². The summed E-state index contributed by atoms with van der Waals surface area (Å²) < 4.78 is 40.7. The molecule has 0 aliphatic heterocycles. The van der Waals surface area contributed by atoms with Gasteiger partial charge in [-0.2, -0.15) is 4.98 Å². The molecule has 1 heterocycles. The molecule has 0 spiro atoms. The number of ether oxygens (including phenoxy) is 2. The predicted molar refractivity (Wildman–Crippen MR) is 125 cm³/mol. The second kappa shape index (κ2) is 12.0. The molecule has 1 aromatic heterocycles. The number of nitrogens with one attached hydrogen (secondary N) is 2. The fourth-order valence-corrected chi connectivity index (χ4v) is 4.20. The summed E-state index contributed by atoms with van der Waals surface area (Å²) >= 11 is 0. The quantitative estimate of drug-likeness (QED) is 0.355. The smallest absolute Gasteiger partial charge is 0.315 e. The maximum atomic E-state index is 12.4. The lowest BCUT2D eigenvalue weighted by molar-refractivity contribution is 0.0898. The summed E-state index contributed by atoms with van der Waals surface area (Å²) in [7, 11) is -3.68. The Kier molecular flexibility index (Phi) is 8.79. The van der Waals surface area contributed by atoms with Crippen LogP contribution in [0.2, 0.25) is 0 Å². The van der Waals surface area contributed by atoms with Crippen LogP contribution in [0.4, 0.5) is 0 Å². The second-order valence-corrected chi connectivity index (χ2v) is 9.12. The Morgan fingerprint density at radius 3 is 2.26 bits per heavy atom. The van der Waals surface area contributed by atoms with Gasteiger partial charge in [-0.05, 0) is 44.2 Å². The van der Waals surface area contributed by atoms with E-state index in [2.05, 4.69) is 20.8 Å². The number of rotatable bonds is 12. The summed E-state index contributed by atoms with van der Waals surface area (Å²) in [5.41, 5.74) is 0.379. The lowest BCUT2D eigenvalue weighted by atomic mass is 10.2. The van der Waals surface area contributed by atoms with Gasteiger partial charge in [-0.25, -0.2) is 8.42 Å². The first-order valence-electron chi connectivity index (χ1n) is 10.9. The summed E-state index contributed by atoms with van der Waals surface area (Å²) in [6, 6.07) is 12.7. The minimum Gasteiger partial charge on any atom is -0.490 e. The van der Waals surface area contributed by atoms with Gasteiger partial charge in [0, 0.05) is 18.7 Å². The van der Waals surface area contributed by atoms with E-state index in [1.165, 1.54) is 12.1 Å². The Balaban J connectivity index is 1.49. The minimum absolute atomic E-state index is 0.0833. The first-order chi connectivity index (χ1) is 16.8. The zero-order valence-corrected chi connectivity index (χ0v) is 20.1. The van der Waals surface area contributed by atoms with E-state index in [0.717, 1.165) is 0 Å². The van der Waals surface area contributed by atoms with Crippen LogP contribution in [0.5, 0.6) is 11.5 Å². The number of amides is 2. The third-order valence-corrected chi connectivity index (χ3v) is 6.21. The largest absolute Gasteiger partial charge is 0.490 e. The van der Waals surface area contributed by atoms with Crippen molar-refractivity contribution in [1.29, 1.82) is 0 Å². The van der Waals surface area contributed by atoms with E-state index in [1.807, 2.05) is 13.8 Å². The van der Waals surface area contributed by atoms with Gasteiger partial charge in [0.15, 0.2) is 27.2 Å². The zero-order chi connectivity index (χ0) is 25.3. The highest BCUT2D eigenvalue weighted by atomic mass is 32.2. The van der Waals surface area contributed by atoms with E-state index in [1.54, 1.807) is 36.4 Å². The molecule has 3 aromatic rings. The predicted octanol–water partition coefficient (Wildman–Crippen LogP) is 2.00. The van der Waals surface area contributed by atoms with Crippen molar-refractivity contribution in [3.8, 4) is 11.5 Å². The molecule has 0 aliphatic carbocycles. The van der Waals surface area contributed by atoms with Crippen LogP contribution in [0.15, 0.2) is 57.9 Å². The van der Waals surface area contributed by atoms with Crippen LogP contribution in [0, 0.1) is 0 Å². The minimum atomic E-state index is -3.68. The molecule has 186 valence electrons. The van der Waals surface area contributed by atoms with Crippen LogP contribution in [0.1, 0.15) is 40.7 Å². The molecule has 0 unspecified atom stereocenters. The van der Waals surface area contributed by atoms with Crippen LogP contribution >= 0.6 is 0 Å². The van der Waals surface area contributed by atoms with Crippen LogP contribution < -0.4 is 20.1 Å². The van der Waals surface area contributed by atoms with Gasteiger partial charge in [0.2, 0.25) is 0 Å². The van der Waals surface area contributed by atoms with Crippen LogP contribution in [-0.2, 0) is 15.6 Å². The number of aromatic nitrogens is 2. The van der Waals surface area contributed by atoms with Crippen molar-refractivity contribution in [2.45, 2.75) is 24.5 Å². The van der Waals surface area contributed by atoms with Crippen LogP contribution in [-0.4, -0.2) is 56.7 Å². The summed E-state index contributed by atoms with van der Waals surface area (Å²) in [6.07, 6.45) is 0. The van der Waals surface area contributed by atoms with Crippen molar-refractivity contribution >= 4 is 21.7 Å². The average molecular weight is 503 g/mol. The van der Waals surface area contributed by atoms with Gasteiger partial charge in [-0.15, -0.1) is 0 Å². The van der Waals surface area contributed by atoms with E-state index in [-0.39, 0.29) is 35.6 Å². The fraction of sp³-hybridized carbons (Fsp3) is 0.304. The fourth-order valence-electron chi connectivity index (χ4n) is 3.01. The van der Waals surface area contributed by atoms with Gasteiger partial charge in [-0.1, -0.05) is 23.4 Å². The Morgan fingerprint density at radius 2 is 1.57 bits per heavy atom. The van der Waals surface area contributed by atoms with Gasteiger partial charge in [0.25, 0.3) is 5.91 Å². The molecular weight excluding hydrogens is 476 g/mol. The van der Waals surface area contributed by atoms with Crippen LogP contribution in [0.3, 0.4) is 0 Å². The number of carbonyl (C=O) groups is 2. The first kappa shape index (κ1) is 25.7. The summed E-state index contributed by atoms with van der Waals surface area (Å²) in [4.78, 5) is 28.6. The van der Waals surface area contributed by atoms with Crippen molar-refractivity contribution in [3.05, 3.63) is 65.8 Å². The highest BCUT2D eigenvalue weighted by Gasteiger charge is 2.21. The Bertz CT molecular complexity index is 1260. The summed E-state index contributed by atoms with van der Waals surface area (Å²) in [5.74, 6) is -1.03. The monoisotopic (exact) mass is 502 g/mol. The molecule has 0 fully saturated rings. The van der Waals surface area contributed by atoms with Gasteiger partial charge in [-0.3, -0.25) is 9.59 Å². The van der Waals surface area contributed by atoms with E-state index in [0.29, 0.717) is 30.3 Å². The highest BCUT2D eigenvalue weighted by Crippen LogP contribution is 2.28. The second-order valence-electron chi connectivity index (χ2n) is 7.13. The van der Waals surface area contributed by atoms with E-state index >= 15 is 0 Å². The third-order valence-electron chi connectivity index (χ3n) is 4.59. The first-order valence-corrected chi connectivity index (χ1v) is 12.6. The van der Waals surface area contributed by atoms with E-state index in [9.17, 15) is 18.0 Å². The molecule has 2 N–H and O–H groups in total. The zero-order valence-electron chi connectivity index (χ0n) is 19.3. The highest BCUT2D eigenvalue weighted by molar-refractivity contribution is 7.90. The van der Waals surface area contributed by atoms with Gasteiger partial charge < -0.3 is 24.6 Å². The molecule has 0 saturated carbocycles. The molecule has 3 rings (SSSR count). The standard InChI is InChI=1S/C23H26N4O7S/c1-3-32-18-11-10-16(14-19(18)33-4-2)21(28)24-12-13-25-22(29)23-26-20(27-34-23)15-35(30,31)17-8-6-5-7-9-17/h5-11,14H,3-4,12-13,15H2,1-2H3,(H,24,28)(H,25,29). The number of nitrogens with zero attached hydrogens (tertiary/aromatic N) is 2. The Hall–Kier alpha value is -3.93. The van der Waals surface area contributed by atoms with Gasteiger partial charge >= 0.3 is 11.8 Å². The van der Waals surface area contributed by atoms with E-state index < -0.39 is 21.5 Å². The molecule has 0 saturated heterocycles. The molecule has 12 heteroatoms. The third kappa shape index (κ3) is 7.03. The SMILES string of the molecule is CCOc1ccc(C(=O)NCCNC(=O)c2nc(CS(=O)(=O)c3ccccc3)no2)cc1OCC. The lowest BCUT2D eigenvalue weighted by Crippen LogP contribution is -2.34. The van der Waals surface area contributed by atoms with Crippen molar-refractivity contribution in [2.75, 3.05) is 26.3 Å². The molecule has 0 aliphatic rings. The van der Waals surface area contributed by atoms with Crippen molar-refractivity contribution in [2.24, 2.45) is 0 Å². The maximum absolute atomic E-state index is 12.4. The molecule has 2 aromatic carbocycles. The Labute approximate surface area is 202 Å². The normalized spacial score (nSPS) is 11.0. The Morgan fingerprint density at radius 1 is 0.914 bits per heavy atom. The van der Waals surface area contributed by atoms with E-state index in [4.69, 9.17) is 14.0 Å². The van der Waals surface area contributed by atoms with Crippen LogP contribution in [0.25, 0.3) is 0 Å². The summed E-state index contributed by atoms with van der Waals surface area (Å²) in [5, 5.41) is 8.78. The van der Waals surface area contributed by atoms with Crippen molar-refractivity contribution < 1.29 is 32.0 Å².